The summed E-state index contributed by atoms with van der Waals surface area (Å²) in [6, 6.07) is 8.44. The molecule has 0 saturated carbocycles. The van der Waals surface area contributed by atoms with Gasteiger partial charge in [-0.1, -0.05) is 28.1 Å². The summed E-state index contributed by atoms with van der Waals surface area (Å²) in [5.41, 5.74) is 1.25. The SMILES string of the molecule is C[C@@H](Cc1ccc(Br)cc1)NS(=O)C(C)(C)C. The summed E-state index contributed by atoms with van der Waals surface area (Å²) in [4.78, 5) is 0. The fourth-order valence-electron chi connectivity index (χ4n) is 1.38. The second kappa shape index (κ2) is 6.12. The molecule has 1 unspecified atom stereocenters. The second-order valence-electron chi connectivity index (χ2n) is 5.23. The lowest BCUT2D eigenvalue weighted by Crippen LogP contribution is -2.39. The molecule has 0 fully saturated rings. The summed E-state index contributed by atoms with van der Waals surface area (Å²) in [6.07, 6.45) is 0.884. The highest BCUT2D eigenvalue weighted by molar-refractivity contribution is 9.10. The standard InChI is InChI=1S/C13H20BrNOS/c1-10(15-17(16)13(2,3)4)9-11-5-7-12(14)8-6-11/h5-8,10,15H,9H2,1-4H3/t10-,17?/m0/s1. The molecule has 0 aliphatic rings. The van der Waals surface area contributed by atoms with Gasteiger partial charge in [-0.15, -0.1) is 0 Å². The zero-order chi connectivity index (χ0) is 13.1. The van der Waals surface area contributed by atoms with Crippen molar-refractivity contribution in [2.45, 2.75) is 44.9 Å². The molecule has 0 radical (unpaired) electrons. The van der Waals surface area contributed by atoms with Crippen LogP contribution in [0.5, 0.6) is 0 Å². The quantitative estimate of drug-likeness (QED) is 0.905. The van der Waals surface area contributed by atoms with Gasteiger partial charge in [0.25, 0.3) is 0 Å². The molecule has 0 aliphatic heterocycles. The van der Waals surface area contributed by atoms with Gasteiger partial charge in [0.05, 0.1) is 15.7 Å². The van der Waals surface area contributed by atoms with Gasteiger partial charge in [-0.2, -0.15) is 0 Å². The molecule has 2 nitrogen and oxygen atoms in total. The van der Waals surface area contributed by atoms with Crippen molar-refractivity contribution in [3.8, 4) is 0 Å². The first-order chi connectivity index (χ1) is 7.79. The maximum atomic E-state index is 11.9. The maximum absolute atomic E-state index is 11.9. The lowest BCUT2D eigenvalue weighted by molar-refractivity contribution is 0.604. The molecule has 0 spiro atoms. The van der Waals surface area contributed by atoms with E-state index in [4.69, 9.17) is 0 Å². The lowest BCUT2D eigenvalue weighted by Gasteiger charge is -2.22. The minimum Gasteiger partial charge on any atom is -0.242 e. The van der Waals surface area contributed by atoms with Crippen LogP contribution in [0.25, 0.3) is 0 Å². The van der Waals surface area contributed by atoms with Crippen LogP contribution >= 0.6 is 15.9 Å². The highest BCUT2D eigenvalue weighted by atomic mass is 79.9. The molecule has 1 rings (SSSR count). The Balaban J connectivity index is 2.53. The Bertz CT molecular complexity index is 383. The maximum Gasteiger partial charge on any atom is 0.0972 e. The molecular weight excluding hydrogens is 298 g/mol. The Morgan fingerprint density at radius 2 is 1.82 bits per heavy atom. The van der Waals surface area contributed by atoms with Gasteiger partial charge in [-0.25, -0.2) is 8.93 Å². The predicted molar refractivity (Wildman–Crippen MR) is 78.3 cm³/mol. The molecule has 17 heavy (non-hydrogen) atoms. The summed E-state index contributed by atoms with van der Waals surface area (Å²) >= 11 is 3.41. The van der Waals surface area contributed by atoms with E-state index in [9.17, 15) is 4.21 Å². The van der Waals surface area contributed by atoms with Crippen LogP contribution in [-0.4, -0.2) is 15.0 Å². The normalized spacial score (nSPS) is 15.6. The first-order valence-corrected chi connectivity index (χ1v) is 7.66. The van der Waals surface area contributed by atoms with Crippen LogP contribution in [0.2, 0.25) is 0 Å². The molecule has 0 aliphatic carbocycles. The monoisotopic (exact) mass is 317 g/mol. The summed E-state index contributed by atoms with van der Waals surface area (Å²) < 4.78 is 15.9. The van der Waals surface area contributed by atoms with Gasteiger partial charge in [-0.3, -0.25) is 0 Å². The highest BCUT2D eigenvalue weighted by Crippen LogP contribution is 2.13. The van der Waals surface area contributed by atoms with Crippen molar-refractivity contribution in [3.63, 3.8) is 0 Å². The van der Waals surface area contributed by atoms with Crippen molar-refractivity contribution in [2.24, 2.45) is 0 Å². The Kier molecular flexibility index (Phi) is 5.35. The molecule has 1 N–H and O–H groups in total. The largest absolute Gasteiger partial charge is 0.242 e. The molecule has 0 bridgehead atoms. The third-order valence-corrected chi connectivity index (χ3v) is 4.58. The number of hydrogen-bond donors (Lipinski definition) is 1. The van der Waals surface area contributed by atoms with Crippen LogP contribution in [0, 0.1) is 0 Å². The van der Waals surface area contributed by atoms with E-state index in [1.165, 1.54) is 5.56 Å². The predicted octanol–water partition coefficient (Wildman–Crippen LogP) is 3.43. The van der Waals surface area contributed by atoms with E-state index in [1.54, 1.807) is 0 Å². The summed E-state index contributed by atoms with van der Waals surface area (Å²) in [5, 5.41) is 0. The van der Waals surface area contributed by atoms with Crippen LogP contribution in [0.15, 0.2) is 28.7 Å². The van der Waals surface area contributed by atoms with Crippen LogP contribution in [0.1, 0.15) is 33.3 Å². The van der Waals surface area contributed by atoms with Crippen LogP contribution in [-0.2, 0) is 17.4 Å². The van der Waals surface area contributed by atoms with E-state index in [0.717, 1.165) is 10.9 Å². The minimum atomic E-state index is -1.00. The van der Waals surface area contributed by atoms with Crippen molar-refractivity contribution in [2.75, 3.05) is 0 Å². The zero-order valence-corrected chi connectivity index (χ0v) is 13.2. The van der Waals surface area contributed by atoms with Crippen molar-refractivity contribution in [1.82, 2.24) is 4.72 Å². The molecule has 2 atom stereocenters. The lowest BCUT2D eigenvalue weighted by atomic mass is 10.1. The van der Waals surface area contributed by atoms with E-state index >= 15 is 0 Å². The number of halogens is 1. The molecule has 1 aromatic carbocycles. The molecule has 1 aromatic rings. The van der Waals surface area contributed by atoms with Gasteiger partial charge in [0.15, 0.2) is 0 Å². The van der Waals surface area contributed by atoms with E-state index in [2.05, 4.69) is 39.7 Å². The van der Waals surface area contributed by atoms with Crippen LogP contribution < -0.4 is 4.72 Å². The van der Waals surface area contributed by atoms with Gasteiger partial charge in [0, 0.05) is 10.5 Å². The Hall–Kier alpha value is -0.190. The molecule has 0 aromatic heterocycles. The minimum absolute atomic E-state index is 0.205. The van der Waals surface area contributed by atoms with Gasteiger partial charge in [-0.05, 0) is 51.8 Å². The molecule has 4 heteroatoms. The average molecular weight is 318 g/mol. The molecular formula is C13H20BrNOS. The average Bonchev–Trinajstić information content (AvgIpc) is 2.20. The van der Waals surface area contributed by atoms with Gasteiger partial charge in [0.2, 0.25) is 0 Å². The number of hydrogen-bond acceptors (Lipinski definition) is 1. The molecule has 0 heterocycles. The zero-order valence-electron chi connectivity index (χ0n) is 10.8. The second-order valence-corrected chi connectivity index (χ2v) is 8.14. The van der Waals surface area contributed by atoms with Gasteiger partial charge in [0.1, 0.15) is 0 Å². The number of nitrogens with one attached hydrogen (secondary N) is 1. The van der Waals surface area contributed by atoms with E-state index in [1.807, 2.05) is 32.9 Å². The van der Waals surface area contributed by atoms with E-state index in [0.29, 0.717) is 0 Å². The summed E-state index contributed by atoms with van der Waals surface area (Å²) in [7, 11) is -1.00. The van der Waals surface area contributed by atoms with Crippen molar-refractivity contribution >= 4 is 26.9 Å². The van der Waals surface area contributed by atoms with Crippen molar-refractivity contribution < 1.29 is 4.21 Å². The fraction of sp³-hybridized carbons (Fsp3) is 0.538. The van der Waals surface area contributed by atoms with Crippen LogP contribution in [0.4, 0.5) is 0 Å². The van der Waals surface area contributed by atoms with Gasteiger partial charge < -0.3 is 0 Å². The Morgan fingerprint density at radius 1 is 1.29 bits per heavy atom. The summed E-state index contributed by atoms with van der Waals surface area (Å²) in [5.74, 6) is 0. The number of rotatable bonds is 4. The van der Waals surface area contributed by atoms with E-state index < -0.39 is 11.0 Å². The first kappa shape index (κ1) is 14.9. The molecule has 0 saturated heterocycles. The molecule has 96 valence electrons. The topological polar surface area (TPSA) is 29.1 Å². The van der Waals surface area contributed by atoms with Crippen molar-refractivity contribution in [1.29, 1.82) is 0 Å². The van der Waals surface area contributed by atoms with Gasteiger partial charge >= 0.3 is 0 Å². The fourth-order valence-corrected chi connectivity index (χ4v) is 2.44. The summed E-state index contributed by atoms with van der Waals surface area (Å²) in [6.45, 7) is 7.99. The third-order valence-electron chi connectivity index (χ3n) is 2.32. The smallest absolute Gasteiger partial charge is 0.0972 e. The highest BCUT2D eigenvalue weighted by Gasteiger charge is 2.21. The van der Waals surface area contributed by atoms with Crippen LogP contribution in [0.3, 0.4) is 0 Å². The molecule has 0 amide bonds. The van der Waals surface area contributed by atoms with Crippen molar-refractivity contribution in [3.05, 3.63) is 34.3 Å². The first-order valence-electron chi connectivity index (χ1n) is 5.71. The van der Waals surface area contributed by atoms with E-state index in [-0.39, 0.29) is 10.8 Å². The Morgan fingerprint density at radius 3 is 2.29 bits per heavy atom. The number of benzene rings is 1. The third kappa shape index (κ3) is 5.32. The Labute approximate surface area is 115 Å².